The zero-order chi connectivity index (χ0) is 16.0. The highest BCUT2D eigenvalue weighted by Crippen LogP contribution is 2.22. The summed E-state index contributed by atoms with van der Waals surface area (Å²) in [5.41, 5.74) is 0.134. The normalized spacial score (nSPS) is 10.7. The maximum absolute atomic E-state index is 12.1. The summed E-state index contributed by atoms with van der Waals surface area (Å²) in [4.78, 5) is 27.3. The number of benzene rings is 1. The van der Waals surface area contributed by atoms with Gasteiger partial charge in [0.2, 0.25) is 5.91 Å². The average molecular weight is 294 g/mol. The third kappa shape index (κ3) is 4.75. The zero-order valence-electron chi connectivity index (χ0n) is 12.7. The van der Waals surface area contributed by atoms with Gasteiger partial charge in [0.05, 0.1) is 18.7 Å². The topological polar surface area (TPSA) is 81.1 Å². The van der Waals surface area contributed by atoms with Crippen molar-refractivity contribution in [3.63, 3.8) is 0 Å². The van der Waals surface area contributed by atoms with E-state index >= 15 is 0 Å². The van der Waals surface area contributed by atoms with Crippen LogP contribution in [-0.4, -0.2) is 64.9 Å². The molecule has 0 heterocycles. The van der Waals surface area contributed by atoms with Gasteiger partial charge in [-0.2, -0.15) is 0 Å². The molecule has 21 heavy (non-hydrogen) atoms. The molecular formula is C15H22N2O4. The molecule has 0 aliphatic carbocycles. The van der Waals surface area contributed by atoms with Crippen molar-refractivity contribution >= 4 is 11.7 Å². The van der Waals surface area contributed by atoms with E-state index in [4.69, 9.17) is 0 Å². The quantitative estimate of drug-likeness (QED) is 0.736. The predicted octanol–water partition coefficient (Wildman–Crippen LogP) is 1.08. The monoisotopic (exact) mass is 294 g/mol. The second-order valence-electron chi connectivity index (χ2n) is 4.86. The molecule has 0 saturated carbocycles. The molecule has 1 amide bonds. The number of ketones is 1. The first kappa shape index (κ1) is 17.0. The minimum absolute atomic E-state index is 0.0192. The van der Waals surface area contributed by atoms with Crippen LogP contribution in [0.5, 0.6) is 11.5 Å². The van der Waals surface area contributed by atoms with Gasteiger partial charge in [-0.25, -0.2) is 0 Å². The molecule has 0 bridgehead atoms. The number of amides is 1. The second kappa shape index (κ2) is 7.64. The van der Waals surface area contributed by atoms with Gasteiger partial charge in [0.1, 0.15) is 11.5 Å². The van der Waals surface area contributed by atoms with Gasteiger partial charge >= 0.3 is 0 Å². The predicted molar refractivity (Wildman–Crippen MR) is 79.5 cm³/mol. The Balaban J connectivity index is 2.64. The molecule has 1 rings (SSSR count). The van der Waals surface area contributed by atoms with Crippen molar-refractivity contribution < 1.29 is 19.8 Å². The lowest BCUT2D eigenvalue weighted by atomic mass is 10.1. The van der Waals surface area contributed by atoms with E-state index < -0.39 is 0 Å². The summed E-state index contributed by atoms with van der Waals surface area (Å²) in [6.07, 6.45) is 0. The Morgan fingerprint density at radius 3 is 2.24 bits per heavy atom. The molecule has 0 aliphatic heterocycles. The van der Waals surface area contributed by atoms with E-state index in [0.717, 1.165) is 6.07 Å². The number of aromatic hydroxyl groups is 2. The van der Waals surface area contributed by atoms with Crippen molar-refractivity contribution in [2.24, 2.45) is 0 Å². The zero-order valence-corrected chi connectivity index (χ0v) is 12.7. The lowest BCUT2D eigenvalue weighted by Gasteiger charge is -2.22. The Morgan fingerprint density at radius 1 is 1.10 bits per heavy atom. The third-order valence-corrected chi connectivity index (χ3v) is 3.22. The fourth-order valence-corrected chi connectivity index (χ4v) is 2.05. The number of carbonyl (C=O) groups excluding carboxylic acids is 2. The highest BCUT2D eigenvalue weighted by molar-refractivity contribution is 6.00. The standard InChI is InChI=1S/C15H22N2O4/c1-4-17(5-2)15(21)10-16(3)9-14(20)12-7-6-11(18)8-13(12)19/h6-8,18-19H,4-5,9-10H2,1-3H3. The van der Waals surface area contributed by atoms with Gasteiger partial charge in [0.25, 0.3) is 0 Å². The first-order chi connectivity index (χ1) is 9.88. The Bertz CT molecular complexity index is 512. The van der Waals surface area contributed by atoms with Crippen molar-refractivity contribution in [2.45, 2.75) is 13.8 Å². The van der Waals surface area contributed by atoms with Crippen LogP contribution < -0.4 is 0 Å². The van der Waals surface area contributed by atoms with Gasteiger partial charge in [-0.15, -0.1) is 0 Å². The number of hydrogen-bond donors (Lipinski definition) is 2. The Kier molecular flexibility index (Phi) is 6.17. The Hall–Kier alpha value is -2.08. The summed E-state index contributed by atoms with van der Waals surface area (Å²) in [6, 6.07) is 3.83. The second-order valence-corrected chi connectivity index (χ2v) is 4.86. The number of phenols is 2. The van der Waals surface area contributed by atoms with Crippen LogP contribution in [0, 0.1) is 0 Å². The Labute approximate surface area is 124 Å². The van der Waals surface area contributed by atoms with Gasteiger partial charge in [0.15, 0.2) is 5.78 Å². The number of hydrogen-bond acceptors (Lipinski definition) is 5. The van der Waals surface area contributed by atoms with Crippen molar-refractivity contribution in [3.8, 4) is 11.5 Å². The number of nitrogens with zero attached hydrogens (tertiary/aromatic N) is 2. The van der Waals surface area contributed by atoms with Gasteiger partial charge in [-0.1, -0.05) is 0 Å². The molecule has 0 aliphatic rings. The van der Waals surface area contributed by atoms with Crippen LogP contribution in [0.3, 0.4) is 0 Å². The lowest BCUT2D eigenvalue weighted by Crippen LogP contribution is -2.40. The van der Waals surface area contributed by atoms with Crippen molar-refractivity contribution in [2.75, 3.05) is 33.2 Å². The van der Waals surface area contributed by atoms with Gasteiger partial charge in [0, 0.05) is 19.2 Å². The third-order valence-electron chi connectivity index (χ3n) is 3.22. The fraction of sp³-hybridized carbons (Fsp3) is 0.467. The minimum atomic E-state index is -0.303. The molecule has 2 N–H and O–H groups in total. The molecule has 0 atom stereocenters. The molecule has 0 unspecified atom stereocenters. The summed E-state index contributed by atoms with van der Waals surface area (Å²) in [5, 5.41) is 18.8. The summed E-state index contributed by atoms with van der Waals surface area (Å²) < 4.78 is 0. The van der Waals surface area contributed by atoms with Gasteiger partial charge in [-0.3, -0.25) is 14.5 Å². The molecule has 6 heteroatoms. The molecule has 0 spiro atoms. The number of rotatable bonds is 7. The highest BCUT2D eigenvalue weighted by atomic mass is 16.3. The number of phenolic OH excluding ortho intramolecular Hbond substituents is 2. The van der Waals surface area contributed by atoms with Crippen LogP contribution in [0.15, 0.2) is 18.2 Å². The highest BCUT2D eigenvalue weighted by Gasteiger charge is 2.17. The van der Waals surface area contributed by atoms with Crippen LogP contribution in [0.2, 0.25) is 0 Å². The van der Waals surface area contributed by atoms with E-state index in [1.54, 1.807) is 16.8 Å². The summed E-state index contributed by atoms with van der Waals surface area (Å²) in [5.74, 6) is -0.704. The molecule has 0 fully saturated rings. The first-order valence-electron chi connectivity index (χ1n) is 6.90. The van der Waals surface area contributed by atoms with E-state index in [9.17, 15) is 19.8 Å². The molecule has 1 aromatic rings. The van der Waals surface area contributed by atoms with Gasteiger partial charge < -0.3 is 15.1 Å². The molecule has 0 radical (unpaired) electrons. The molecule has 116 valence electrons. The Morgan fingerprint density at radius 2 is 1.71 bits per heavy atom. The average Bonchev–Trinajstić information content (AvgIpc) is 2.39. The van der Waals surface area contributed by atoms with Crippen molar-refractivity contribution in [3.05, 3.63) is 23.8 Å². The SMILES string of the molecule is CCN(CC)C(=O)CN(C)CC(=O)c1ccc(O)cc1O. The summed E-state index contributed by atoms with van der Waals surface area (Å²) >= 11 is 0. The minimum Gasteiger partial charge on any atom is -0.508 e. The number of carbonyl (C=O) groups is 2. The van der Waals surface area contributed by atoms with Crippen molar-refractivity contribution in [1.82, 2.24) is 9.80 Å². The number of likely N-dealkylation sites (N-methyl/N-ethyl adjacent to an activating group) is 2. The van der Waals surface area contributed by atoms with E-state index in [-0.39, 0.29) is 41.8 Å². The first-order valence-corrected chi connectivity index (χ1v) is 6.90. The maximum atomic E-state index is 12.1. The molecular weight excluding hydrogens is 272 g/mol. The molecule has 6 nitrogen and oxygen atoms in total. The fourth-order valence-electron chi connectivity index (χ4n) is 2.05. The van der Waals surface area contributed by atoms with E-state index in [1.807, 2.05) is 13.8 Å². The van der Waals surface area contributed by atoms with Crippen LogP contribution in [-0.2, 0) is 4.79 Å². The largest absolute Gasteiger partial charge is 0.508 e. The molecule has 0 saturated heterocycles. The van der Waals surface area contributed by atoms with E-state index in [1.165, 1.54) is 12.1 Å². The van der Waals surface area contributed by atoms with Crippen LogP contribution >= 0.6 is 0 Å². The molecule has 0 aromatic heterocycles. The van der Waals surface area contributed by atoms with Crippen molar-refractivity contribution in [1.29, 1.82) is 0 Å². The van der Waals surface area contributed by atoms with Crippen LogP contribution in [0.4, 0.5) is 0 Å². The van der Waals surface area contributed by atoms with E-state index in [2.05, 4.69) is 0 Å². The van der Waals surface area contributed by atoms with E-state index in [0.29, 0.717) is 13.1 Å². The number of Topliss-reactive ketones (excluding diaryl/α,β-unsaturated/α-hetero) is 1. The molecule has 1 aromatic carbocycles. The van der Waals surface area contributed by atoms with Gasteiger partial charge in [-0.05, 0) is 33.0 Å². The summed E-state index contributed by atoms with van der Waals surface area (Å²) in [7, 11) is 1.68. The van der Waals surface area contributed by atoms with Crippen LogP contribution in [0.25, 0.3) is 0 Å². The lowest BCUT2D eigenvalue weighted by molar-refractivity contribution is -0.131. The smallest absolute Gasteiger partial charge is 0.236 e. The van der Waals surface area contributed by atoms with Crippen LogP contribution in [0.1, 0.15) is 24.2 Å². The maximum Gasteiger partial charge on any atom is 0.236 e. The summed E-state index contributed by atoms with van der Waals surface area (Å²) in [6.45, 7) is 5.24.